The lowest BCUT2D eigenvalue weighted by Crippen LogP contribution is -2.27. The third-order valence-electron chi connectivity index (χ3n) is 6.77. The Morgan fingerprint density at radius 3 is 1.76 bits per heavy atom. The van der Waals surface area contributed by atoms with Crippen LogP contribution in [0.1, 0.15) is 105 Å². The third-order valence-corrected chi connectivity index (χ3v) is 6.77. The summed E-state index contributed by atoms with van der Waals surface area (Å²) in [5, 5.41) is 6.74. The van der Waals surface area contributed by atoms with E-state index in [1.54, 1.807) is 19.9 Å². The monoisotopic (exact) mass is 658 g/mol. The van der Waals surface area contributed by atoms with Gasteiger partial charge in [0.1, 0.15) is 6.61 Å². The predicted molar refractivity (Wildman–Crippen MR) is 174 cm³/mol. The second-order valence-electron chi connectivity index (χ2n) is 11.0. The summed E-state index contributed by atoms with van der Waals surface area (Å²) in [6, 6.07) is 9.67. The highest BCUT2D eigenvalue weighted by molar-refractivity contribution is 5.87. The van der Waals surface area contributed by atoms with Gasteiger partial charge in [0.15, 0.2) is 23.3 Å². The number of nitrogens with two attached hydrogens (primary N) is 1. The largest absolute Gasteiger partial charge is 0.464 e. The second-order valence-corrected chi connectivity index (χ2v) is 11.0. The fourth-order valence-corrected chi connectivity index (χ4v) is 2.80. The minimum Gasteiger partial charge on any atom is -0.464 e. The van der Waals surface area contributed by atoms with Gasteiger partial charge in [-0.2, -0.15) is 0 Å². The molecule has 0 saturated heterocycles. The number of carbonyl (C=O) groups excluding carboxylic acids is 2. The molecule has 0 amide bonds. The molecule has 6 nitrogen and oxygen atoms in total. The Bertz CT molecular complexity index is 1210. The maximum absolute atomic E-state index is 13.1. The molecule has 2 rings (SSSR count). The number of halogens is 5. The molecule has 0 spiro atoms. The molecule has 0 aliphatic rings. The Hall–Kier alpha value is -3.60. The molecule has 0 aliphatic heterocycles. The summed E-state index contributed by atoms with van der Waals surface area (Å²) in [4.78, 5) is 22.5. The normalized spacial score (nSPS) is 11.9. The van der Waals surface area contributed by atoms with Crippen molar-refractivity contribution >= 4 is 23.7 Å². The van der Waals surface area contributed by atoms with Crippen molar-refractivity contribution in [3.63, 3.8) is 0 Å². The van der Waals surface area contributed by atoms with E-state index in [1.807, 2.05) is 71.9 Å². The van der Waals surface area contributed by atoms with Crippen molar-refractivity contribution in [1.82, 2.24) is 0 Å². The molecular formula is C35H51F5N2O4. The standard InChI is InChI=1S/C13H16O2.C10H9F5.C8H17NO2.C4H9N/c1-3-11(2)15-13(14)10-9-12-7-5-4-6-8-12;1-3-4(2)5-6(11)8(13)10(15)9(14)7(5)12;1-4-8(2,3)7(10)11-6-5-9;1-3-4(2)5/h4-11H,3H2,1-2H3;4H,3H2,1-2H3;4-6,9H2,1-3H3;5H,3H2,1-2H3/b10-9+;;;. The van der Waals surface area contributed by atoms with Gasteiger partial charge in [-0.15, -0.1) is 0 Å². The Balaban J connectivity index is 0. The van der Waals surface area contributed by atoms with Crippen molar-refractivity contribution in [2.75, 3.05) is 13.2 Å². The van der Waals surface area contributed by atoms with Crippen LogP contribution in [-0.4, -0.2) is 36.9 Å². The summed E-state index contributed by atoms with van der Waals surface area (Å²) in [7, 11) is 0. The van der Waals surface area contributed by atoms with E-state index < -0.39 is 40.6 Å². The van der Waals surface area contributed by atoms with Crippen molar-refractivity contribution in [2.45, 2.75) is 100 Å². The summed E-state index contributed by atoms with van der Waals surface area (Å²) in [6.45, 7) is 17.1. The Morgan fingerprint density at radius 2 is 1.37 bits per heavy atom. The zero-order valence-electron chi connectivity index (χ0n) is 28.5. The Kier molecular flexibility index (Phi) is 22.9. The second kappa shape index (κ2) is 23.7. The summed E-state index contributed by atoms with van der Waals surface area (Å²) in [6.07, 6.45) is 6.00. The molecular weight excluding hydrogens is 607 g/mol. The molecule has 0 heterocycles. The van der Waals surface area contributed by atoms with Gasteiger partial charge in [-0.25, -0.2) is 26.7 Å². The van der Waals surface area contributed by atoms with Crippen LogP contribution in [0.25, 0.3) is 6.08 Å². The summed E-state index contributed by atoms with van der Waals surface area (Å²) in [5.74, 6) is -10.5. The van der Waals surface area contributed by atoms with E-state index in [9.17, 15) is 31.5 Å². The van der Waals surface area contributed by atoms with Gasteiger partial charge in [-0.1, -0.05) is 65.0 Å². The molecule has 2 atom stereocenters. The van der Waals surface area contributed by atoms with Crippen LogP contribution >= 0.6 is 0 Å². The van der Waals surface area contributed by atoms with Crippen LogP contribution in [0.15, 0.2) is 36.4 Å². The third kappa shape index (κ3) is 17.2. The number of hydrogen-bond donors (Lipinski definition) is 2. The van der Waals surface area contributed by atoms with Gasteiger partial charge in [0.05, 0.1) is 11.5 Å². The van der Waals surface area contributed by atoms with Crippen molar-refractivity contribution in [2.24, 2.45) is 11.1 Å². The number of rotatable bonds is 11. The lowest BCUT2D eigenvalue weighted by molar-refractivity contribution is -0.153. The van der Waals surface area contributed by atoms with Crippen LogP contribution in [0.2, 0.25) is 0 Å². The fraction of sp³-hybridized carbons (Fsp3) is 0.514. The van der Waals surface area contributed by atoms with Gasteiger partial charge in [0.25, 0.3) is 0 Å². The van der Waals surface area contributed by atoms with Crippen molar-refractivity contribution < 1.29 is 41.0 Å². The molecule has 3 N–H and O–H groups in total. The first-order valence-electron chi connectivity index (χ1n) is 15.3. The number of nitrogens with one attached hydrogen (secondary N) is 1. The summed E-state index contributed by atoms with van der Waals surface area (Å²) < 4.78 is 74.3. The summed E-state index contributed by atoms with van der Waals surface area (Å²) >= 11 is 0. The van der Waals surface area contributed by atoms with Gasteiger partial charge >= 0.3 is 11.9 Å². The number of hydrogen-bond acceptors (Lipinski definition) is 6. The Morgan fingerprint density at radius 1 is 0.891 bits per heavy atom. The van der Waals surface area contributed by atoms with Gasteiger partial charge in [-0.3, -0.25) is 4.79 Å². The van der Waals surface area contributed by atoms with E-state index >= 15 is 0 Å². The maximum atomic E-state index is 13.1. The highest BCUT2D eigenvalue weighted by atomic mass is 19.2. The zero-order valence-corrected chi connectivity index (χ0v) is 28.5. The van der Waals surface area contributed by atoms with Crippen LogP contribution in [0.3, 0.4) is 0 Å². The predicted octanol–water partition coefficient (Wildman–Crippen LogP) is 9.30. The lowest BCUT2D eigenvalue weighted by Gasteiger charge is -2.19. The number of benzene rings is 2. The maximum Gasteiger partial charge on any atom is 0.331 e. The van der Waals surface area contributed by atoms with Crippen LogP contribution < -0.4 is 5.73 Å². The SMILES string of the molecule is CCC(C)(C)C(=O)OCCN.CCC(C)=N.CCC(C)OC(=O)/C=C/c1ccccc1.CCC(C)c1c(F)c(F)c(F)c(F)c1F. The minimum atomic E-state index is -2.11. The van der Waals surface area contributed by atoms with Gasteiger partial charge < -0.3 is 20.6 Å². The summed E-state index contributed by atoms with van der Waals surface area (Å²) in [5.41, 5.74) is 5.83. The average Bonchev–Trinajstić information content (AvgIpc) is 3.05. The van der Waals surface area contributed by atoms with Crippen LogP contribution in [0.4, 0.5) is 22.0 Å². The highest BCUT2D eigenvalue weighted by Crippen LogP contribution is 2.30. The Labute approximate surface area is 271 Å². The van der Waals surface area contributed by atoms with E-state index in [1.165, 1.54) is 13.0 Å². The topological polar surface area (TPSA) is 102 Å². The molecule has 0 radical (unpaired) electrons. The average molecular weight is 659 g/mol. The smallest absolute Gasteiger partial charge is 0.331 e. The highest BCUT2D eigenvalue weighted by Gasteiger charge is 2.28. The quantitative estimate of drug-likeness (QED) is 0.0626. The molecule has 0 fully saturated rings. The van der Waals surface area contributed by atoms with Gasteiger partial charge in [0.2, 0.25) is 5.82 Å². The fourth-order valence-electron chi connectivity index (χ4n) is 2.80. The van der Waals surface area contributed by atoms with Gasteiger partial charge in [-0.05, 0) is 70.9 Å². The molecule has 2 aromatic carbocycles. The number of ether oxygens (including phenoxy) is 2. The molecule has 0 aromatic heterocycles. The van der Waals surface area contributed by atoms with E-state index in [4.69, 9.17) is 20.6 Å². The van der Waals surface area contributed by atoms with Crippen LogP contribution in [-0.2, 0) is 19.1 Å². The number of esters is 2. The van der Waals surface area contributed by atoms with Crippen LogP contribution in [0.5, 0.6) is 0 Å². The van der Waals surface area contributed by atoms with E-state index in [0.717, 1.165) is 30.5 Å². The molecule has 11 heteroatoms. The molecule has 0 bridgehead atoms. The first kappa shape index (κ1) is 44.5. The van der Waals surface area contributed by atoms with Crippen molar-refractivity contribution in [3.05, 3.63) is 76.6 Å². The first-order chi connectivity index (χ1) is 21.4. The zero-order chi connectivity index (χ0) is 36.0. The van der Waals surface area contributed by atoms with Crippen LogP contribution in [0, 0.1) is 39.9 Å². The molecule has 260 valence electrons. The molecule has 0 saturated carbocycles. The number of carbonyl (C=O) groups is 2. The van der Waals surface area contributed by atoms with E-state index in [2.05, 4.69) is 0 Å². The van der Waals surface area contributed by atoms with Crippen molar-refractivity contribution in [3.8, 4) is 0 Å². The van der Waals surface area contributed by atoms with E-state index in [-0.39, 0.29) is 23.5 Å². The molecule has 46 heavy (non-hydrogen) atoms. The van der Waals surface area contributed by atoms with Gasteiger partial charge in [0, 0.05) is 23.9 Å². The minimum absolute atomic E-state index is 0.0158. The molecule has 2 aromatic rings. The lowest BCUT2D eigenvalue weighted by atomic mass is 9.91. The first-order valence-corrected chi connectivity index (χ1v) is 15.3. The molecule has 0 aliphatic carbocycles. The van der Waals surface area contributed by atoms with E-state index in [0.29, 0.717) is 19.6 Å². The van der Waals surface area contributed by atoms with Crippen molar-refractivity contribution in [1.29, 1.82) is 5.41 Å². The molecule has 2 unspecified atom stereocenters.